The van der Waals surface area contributed by atoms with Gasteiger partial charge in [0, 0.05) is 5.92 Å². The van der Waals surface area contributed by atoms with Gasteiger partial charge >= 0.3 is 0 Å². The van der Waals surface area contributed by atoms with Crippen LogP contribution in [0.3, 0.4) is 0 Å². The van der Waals surface area contributed by atoms with Gasteiger partial charge in [-0.25, -0.2) is 4.98 Å². The number of ketones is 1. The smallest absolute Gasteiger partial charge is 0.266 e. The Kier molecular flexibility index (Phi) is 5.43. The first-order valence-corrected chi connectivity index (χ1v) is 9.46. The van der Waals surface area contributed by atoms with E-state index in [0.717, 1.165) is 25.9 Å². The van der Waals surface area contributed by atoms with E-state index in [1.165, 1.54) is 11.3 Å². The minimum Gasteiger partial charge on any atom is -0.306 e. The van der Waals surface area contributed by atoms with Crippen LogP contribution in [0.5, 0.6) is 0 Å². The van der Waals surface area contributed by atoms with Crippen LogP contribution in [0.4, 0.5) is 5.82 Å². The number of nitrogens with zero attached hydrogens (tertiary/aromatic N) is 2. The fourth-order valence-corrected chi connectivity index (χ4v) is 3.66. The lowest BCUT2D eigenvalue weighted by Crippen LogP contribution is -2.33. The van der Waals surface area contributed by atoms with E-state index in [1.54, 1.807) is 18.2 Å². The molecule has 2 aromatic heterocycles. The van der Waals surface area contributed by atoms with Crippen molar-refractivity contribution in [3.63, 3.8) is 0 Å². The molecule has 3 rings (SSSR count). The molecule has 1 saturated heterocycles. The molecule has 1 amide bonds. The summed E-state index contributed by atoms with van der Waals surface area (Å²) in [5.41, 5.74) is 0.411. The van der Waals surface area contributed by atoms with Gasteiger partial charge in [-0.2, -0.15) is 0 Å². The number of likely N-dealkylation sites (tertiary alicyclic amines) is 1. The predicted octanol–water partition coefficient (Wildman–Crippen LogP) is 3.68. The average molecular weight is 408 g/mol. The molecule has 1 aliphatic rings. The zero-order chi connectivity index (χ0) is 17.1. The largest absolute Gasteiger partial charge is 0.306 e. The number of thiophene rings is 1. The summed E-state index contributed by atoms with van der Waals surface area (Å²) in [6.45, 7) is 1.85. The number of carbonyl (C=O) groups is 2. The third kappa shape index (κ3) is 3.91. The summed E-state index contributed by atoms with van der Waals surface area (Å²) in [6, 6.07) is 7.05. The van der Waals surface area contributed by atoms with Gasteiger partial charge < -0.3 is 10.2 Å². The van der Waals surface area contributed by atoms with Gasteiger partial charge in [-0.3, -0.25) is 9.59 Å². The van der Waals surface area contributed by atoms with Gasteiger partial charge in [0.15, 0.2) is 5.78 Å². The van der Waals surface area contributed by atoms with E-state index in [1.807, 2.05) is 11.4 Å². The number of piperidine rings is 1. The molecule has 1 N–H and O–H groups in total. The molecular weight excluding hydrogens is 390 g/mol. The van der Waals surface area contributed by atoms with Crippen molar-refractivity contribution in [1.82, 2.24) is 9.88 Å². The molecule has 2 aromatic rings. The lowest BCUT2D eigenvalue weighted by molar-refractivity contribution is 0.0851. The first-order valence-electron chi connectivity index (χ1n) is 7.79. The summed E-state index contributed by atoms with van der Waals surface area (Å²) in [6.07, 6.45) is 1.70. The van der Waals surface area contributed by atoms with Crippen LogP contribution in [0.15, 0.2) is 34.1 Å². The second-order valence-corrected chi connectivity index (χ2v) is 7.70. The third-order valence-corrected chi connectivity index (χ3v) is 5.67. The zero-order valence-corrected chi connectivity index (χ0v) is 15.7. The van der Waals surface area contributed by atoms with Gasteiger partial charge in [-0.1, -0.05) is 6.07 Å². The number of amides is 1. The Morgan fingerprint density at radius 2 is 2.04 bits per heavy atom. The first-order chi connectivity index (χ1) is 11.5. The number of aromatic nitrogens is 1. The second kappa shape index (κ2) is 7.55. The van der Waals surface area contributed by atoms with Gasteiger partial charge in [0.1, 0.15) is 11.5 Å². The van der Waals surface area contributed by atoms with E-state index in [2.05, 4.69) is 38.2 Å². The van der Waals surface area contributed by atoms with E-state index >= 15 is 0 Å². The van der Waals surface area contributed by atoms with Crippen molar-refractivity contribution >= 4 is 44.8 Å². The predicted molar refractivity (Wildman–Crippen MR) is 98.8 cm³/mol. The monoisotopic (exact) mass is 407 g/mol. The van der Waals surface area contributed by atoms with Gasteiger partial charge in [0.05, 0.1) is 9.35 Å². The summed E-state index contributed by atoms with van der Waals surface area (Å²) in [5.74, 6) is 0.229. The van der Waals surface area contributed by atoms with E-state index < -0.39 is 0 Å². The Balaban J connectivity index is 1.76. The van der Waals surface area contributed by atoms with E-state index in [9.17, 15) is 9.59 Å². The van der Waals surface area contributed by atoms with Crippen LogP contribution < -0.4 is 5.32 Å². The summed E-state index contributed by atoms with van der Waals surface area (Å²) in [4.78, 5) is 32.1. The molecule has 0 unspecified atom stereocenters. The number of rotatable bonds is 4. The summed E-state index contributed by atoms with van der Waals surface area (Å²) >= 11 is 4.75. The molecule has 0 saturated carbocycles. The molecule has 0 bridgehead atoms. The first kappa shape index (κ1) is 17.3. The lowest BCUT2D eigenvalue weighted by Gasteiger charge is -2.27. The minimum absolute atomic E-state index is 0.00993. The minimum atomic E-state index is -0.220. The van der Waals surface area contributed by atoms with Crippen molar-refractivity contribution in [2.75, 3.05) is 25.5 Å². The maximum Gasteiger partial charge on any atom is 0.266 e. The summed E-state index contributed by atoms with van der Waals surface area (Å²) < 4.78 is 0.660. The highest BCUT2D eigenvalue weighted by Crippen LogP contribution is 2.25. The van der Waals surface area contributed by atoms with Crippen LogP contribution in [0.1, 0.15) is 33.0 Å². The number of hydrogen-bond donors (Lipinski definition) is 1. The average Bonchev–Trinajstić information content (AvgIpc) is 3.11. The van der Waals surface area contributed by atoms with Crippen molar-refractivity contribution in [3.05, 3.63) is 44.7 Å². The molecule has 1 fully saturated rings. The van der Waals surface area contributed by atoms with Crippen molar-refractivity contribution in [2.24, 2.45) is 5.92 Å². The highest BCUT2D eigenvalue weighted by molar-refractivity contribution is 9.10. The van der Waals surface area contributed by atoms with Crippen molar-refractivity contribution in [1.29, 1.82) is 0 Å². The molecule has 1 aliphatic heterocycles. The highest BCUT2D eigenvalue weighted by atomic mass is 79.9. The summed E-state index contributed by atoms with van der Waals surface area (Å²) in [5, 5.41) is 4.62. The number of anilines is 1. The van der Waals surface area contributed by atoms with Crippen LogP contribution in [-0.2, 0) is 0 Å². The molecule has 0 spiro atoms. The Morgan fingerprint density at radius 3 is 2.71 bits per heavy atom. The number of Topliss-reactive ketones (excluding diaryl/α,β-unsaturated/α-hetero) is 1. The van der Waals surface area contributed by atoms with Gasteiger partial charge in [-0.15, -0.1) is 11.3 Å². The van der Waals surface area contributed by atoms with E-state index in [-0.39, 0.29) is 17.6 Å². The van der Waals surface area contributed by atoms with Crippen LogP contribution in [0.25, 0.3) is 0 Å². The normalized spacial score (nSPS) is 16.1. The topological polar surface area (TPSA) is 62.3 Å². The quantitative estimate of drug-likeness (QED) is 0.785. The molecule has 5 nitrogen and oxygen atoms in total. The molecular formula is C17H18BrN3O2S. The number of nitrogens with one attached hydrogen (secondary N) is 1. The molecule has 24 heavy (non-hydrogen) atoms. The van der Waals surface area contributed by atoms with Crippen molar-refractivity contribution in [2.45, 2.75) is 12.8 Å². The number of halogens is 1. The molecule has 7 heteroatoms. The Morgan fingerprint density at radius 1 is 1.29 bits per heavy atom. The fraction of sp³-hybridized carbons (Fsp3) is 0.353. The molecule has 0 atom stereocenters. The van der Waals surface area contributed by atoms with Crippen LogP contribution in [-0.4, -0.2) is 41.7 Å². The second-order valence-electron chi connectivity index (χ2n) is 5.90. The van der Waals surface area contributed by atoms with Gasteiger partial charge in [0.2, 0.25) is 0 Å². The maximum absolute atomic E-state index is 12.7. The number of carbonyl (C=O) groups excluding carboxylic acids is 2. The maximum atomic E-state index is 12.7. The van der Waals surface area contributed by atoms with Crippen molar-refractivity contribution < 1.29 is 9.59 Å². The van der Waals surface area contributed by atoms with E-state index in [4.69, 9.17) is 0 Å². The van der Waals surface area contributed by atoms with Gasteiger partial charge in [0.25, 0.3) is 5.91 Å². The molecule has 126 valence electrons. The van der Waals surface area contributed by atoms with Crippen LogP contribution in [0, 0.1) is 5.92 Å². The molecule has 3 heterocycles. The lowest BCUT2D eigenvalue weighted by atomic mass is 9.91. The van der Waals surface area contributed by atoms with Crippen LogP contribution >= 0.6 is 27.3 Å². The standard InChI is InChI=1S/C17H18BrN3O2S/c1-21-8-6-11(7-9-21)15(22)13-5-4-12(18)16(19-13)20-17(23)14-3-2-10-24-14/h2-5,10-11H,6-9H2,1H3,(H,19,20,23). The Bertz CT molecular complexity index is 740. The zero-order valence-electron chi connectivity index (χ0n) is 13.3. The fourth-order valence-electron chi connectivity index (χ4n) is 2.72. The molecule has 0 aliphatic carbocycles. The van der Waals surface area contributed by atoms with E-state index in [0.29, 0.717) is 20.9 Å². The van der Waals surface area contributed by atoms with Crippen LogP contribution in [0.2, 0.25) is 0 Å². The molecule has 0 aromatic carbocycles. The van der Waals surface area contributed by atoms with Gasteiger partial charge in [-0.05, 0) is 72.5 Å². The Hall–Kier alpha value is -1.57. The number of hydrogen-bond acceptors (Lipinski definition) is 5. The third-order valence-electron chi connectivity index (χ3n) is 4.16. The summed E-state index contributed by atoms with van der Waals surface area (Å²) in [7, 11) is 2.07. The highest BCUT2D eigenvalue weighted by Gasteiger charge is 2.26. The Labute approximate surface area is 153 Å². The number of pyridine rings is 1. The SMILES string of the molecule is CN1CCC(C(=O)c2ccc(Br)c(NC(=O)c3cccs3)n2)CC1. The molecule has 0 radical (unpaired) electrons. The van der Waals surface area contributed by atoms with Crippen molar-refractivity contribution in [3.8, 4) is 0 Å².